The molecule has 0 unspecified atom stereocenters. The lowest BCUT2D eigenvalue weighted by Crippen LogP contribution is -2.16. The third kappa shape index (κ3) is 14.5. The summed E-state index contributed by atoms with van der Waals surface area (Å²) in [4.78, 5) is 9.74. The van der Waals surface area contributed by atoms with Crippen LogP contribution < -0.4 is 19.6 Å². The Morgan fingerprint density at radius 3 is 0.746 bits per heavy atom. The molecule has 674 valence electrons. The molecule has 0 fully saturated rings. The van der Waals surface area contributed by atoms with Crippen molar-refractivity contribution < 1.29 is 17.7 Å². The Morgan fingerprint density at radius 2 is 0.423 bits per heavy atom. The number of nitrogens with zero attached hydrogens (tertiary/aromatic N) is 4. The first-order valence-electron chi connectivity index (χ1n) is 48.7. The van der Waals surface area contributed by atoms with Gasteiger partial charge in [0.1, 0.15) is 44.7 Å². The number of fused-ring (bicyclic) bond motifs is 19. The SMILES string of the molecule is CC(C)(C)c1ccc2c(N(c3ccccc3)c3ccc(-c4cccc5c4oc4ccccc45)cc3)c3ccccc3c(N(c3ccccc3)c3ccc(-c4cccc5c4oc4ccccc45)cc3)c2c1.Cc1cccc(N(c2ccc(-c3cccc4c3oc3ccccc34)cc2)c2cc3c4ccccc4c(N(c4ccc(-c5cccc6c5oc5ccccc56)cc4)c4cccc(C)c4)cc3c3ccccc23)c1. The lowest BCUT2D eigenvalue weighted by Gasteiger charge is -2.33. The fourth-order valence-corrected chi connectivity index (χ4v) is 21.8. The summed E-state index contributed by atoms with van der Waals surface area (Å²) in [6, 6.07) is 173. The average Bonchev–Trinajstić information content (AvgIpc) is 1.55. The van der Waals surface area contributed by atoms with Crippen LogP contribution in [0.4, 0.5) is 68.2 Å². The van der Waals surface area contributed by atoms with Crippen LogP contribution in [0.25, 0.3) is 186 Å². The van der Waals surface area contributed by atoms with Crippen molar-refractivity contribution in [1.29, 1.82) is 0 Å². The van der Waals surface area contributed by atoms with Crippen molar-refractivity contribution in [3.8, 4) is 44.5 Å². The molecule has 0 aliphatic rings. The molecule has 0 amide bonds. The highest BCUT2D eigenvalue weighted by Crippen LogP contribution is 2.55. The lowest BCUT2D eigenvalue weighted by atomic mass is 9.84. The summed E-state index contributed by atoms with van der Waals surface area (Å²) < 4.78 is 26.0. The molecule has 0 N–H and O–H groups in total. The van der Waals surface area contributed by atoms with Gasteiger partial charge in [0.2, 0.25) is 0 Å². The molecular weight excluding hydrogens is 1730 g/mol. The van der Waals surface area contributed by atoms with Crippen LogP contribution in [0.2, 0.25) is 0 Å². The van der Waals surface area contributed by atoms with Crippen LogP contribution in [0.5, 0.6) is 0 Å². The zero-order valence-corrected chi connectivity index (χ0v) is 79.0. The minimum absolute atomic E-state index is 0.105. The summed E-state index contributed by atoms with van der Waals surface area (Å²) in [5.41, 5.74) is 32.5. The van der Waals surface area contributed by atoms with Gasteiger partial charge in [0.15, 0.2) is 0 Å². The van der Waals surface area contributed by atoms with Crippen LogP contribution in [0, 0.1) is 13.8 Å². The molecule has 0 aliphatic heterocycles. The van der Waals surface area contributed by atoms with Gasteiger partial charge in [0, 0.05) is 143 Å². The second-order valence-electron chi connectivity index (χ2n) is 38.2. The zero-order chi connectivity index (χ0) is 94.8. The Morgan fingerprint density at radius 1 is 0.169 bits per heavy atom. The highest BCUT2D eigenvalue weighted by Gasteiger charge is 2.31. The molecule has 0 spiro atoms. The Kier molecular flexibility index (Phi) is 20.5. The predicted molar refractivity (Wildman–Crippen MR) is 598 cm³/mol. The second-order valence-corrected chi connectivity index (χ2v) is 38.2. The third-order valence-electron chi connectivity index (χ3n) is 28.5. The fraction of sp³-hybridized carbons (Fsp3) is 0.0448. The molecule has 0 aliphatic carbocycles. The van der Waals surface area contributed by atoms with Crippen LogP contribution in [0.3, 0.4) is 0 Å². The standard InChI is InChI=1S/C68H46N2O2.C66H48N2O2/c1-43-15-11-17-49(39-43)69(47-35-31-45(32-36-47)51-25-13-27-59-57-23-7-9-29-65(57)71-67(51)59)63-41-61-54-20-4-6-22-56(54)64(42-62(61)53-19-3-5-21-55(53)63)70(50-18-12-16-44(2)40-50)48-37-33-46(34-38-48)52-26-14-28-60-58-24-8-10-30-66(58)72-68(52)60;1-66(2,3)45-36-41-56-59(42-45)63(68(47-20-8-5-9-21-47)49-39-34-44(35-40-49)51-27-17-29-58-53-23-13-15-31-61(53)70-65(51)58)55-25-11-10-24-54(55)62(56)67(46-18-6-4-7-19-46)48-37-32-43(33-38-48)50-26-16-28-57-52-22-12-14-30-60(52)69-64(50)57/h3-42H,1-2H3;4-42H,1-3H3. The number of furan rings is 4. The van der Waals surface area contributed by atoms with Gasteiger partial charge in [-0.15, -0.1) is 0 Å². The number of rotatable bonds is 16. The van der Waals surface area contributed by atoms with Gasteiger partial charge in [0.25, 0.3) is 0 Å². The quantitative estimate of drug-likeness (QED) is 0.0539. The van der Waals surface area contributed by atoms with E-state index in [9.17, 15) is 0 Å². The Hall–Kier alpha value is -18.2. The van der Waals surface area contributed by atoms with E-state index >= 15 is 0 Å². The van der Waals surface area contributed by atoms with E-state index in [2.05, 4.69) is 485 Å². The topological polar surface area (TPSA) is 65.5 Å². The number of benzene rings is 23. The molecule has 27 rings (SSSR count). The first-order chi connectivity index (χ1) is 69.9. The van der Waals surface area contributed by atoms with Gasteiger partial charge in [-0.2, -0.15) is 0 Å². The van der Waals surface area contributed by atoms with Gasteiger partial charge in [-0.3, -0.25) is 0 Å². The number of aryl methyl sites for hydroxylation is 2. The minimum Gasteiger partial charge on any atom is -0.455 e. The van der Waals surface area contributed by atoms with E-state index in [0.29, 0.717) is 0 Å². The first-order valence-corrected chi connectivity index (χ1v) is 48.7. The van der Waals surface area contributed by atoms with E-state index in [1.807, 2.05) is 48.5 Å². The van der Waals surface area contributed by atoms with Crippen molar-refractivity contribution >= 4 is 210 Å². The molecule has 142 heavy (non-hydrogen) atoms. The smallest absolute Gasteiger partial charge is 0.143 e. The van der Waals surface area contributed by atoms with Gasteiger partial charge >= 0.3 is 0 Å². The normalized spacial score (nSPS) is 11.8. The van der Waals surface area contributed by atoms with E-state index in [-0.39, 0.29) is 5.41 Å². The fourth-order valence-electron chi connectivity index (χ4n) is 21.8. The van der Waals surface area contributed by atoms with Crippen molar-refractivity contribution in [3.63, 3.8) is 0 Å². The van der Waals surface area contributed by atoms with Crippen LogP contribution in [-0.2, 0) is 5.41 Å². The van der Waals surface area contributed by atoms with E-state index in [1.54, 1.807) is 0 Å². The van der Waals surface area contributed by atoms with E-state index in [1.165, 1.54) is 38.2 Å². The summed E-state index contributed by atoms with van der Waals surface area (Å²) in [7, 11) is 0. The maximum Gasteiger partial charge on any atom is 0.143 e. The van der Waals surface area contributed by atoms with Crippen molar-refractivity contribution in [3.05, 3.63) is 496 Å². The van der Waals surface area contributed by atoms with Gasteiger partial charge in [-0.05, 0) is 219 Å². The summed E-state index contributed by atoms with van der Waals surface area (Å²) in [6.07, 6.45) is 0. The Bertz CT molecular complexity index is 9340. The first kappa shape index (κ1) is 84.3. The second kappa shape index (κ2) is 34.5. The van der Waals surface area contributed by atoms with E-state index in [4.69, 9.17) is 17.7 Å². The Labute approximate surface area is 821 Å². The number of anilines is 12. The molecule has 0 saturated carbocycles. The molecule has 8 nitrogen and oxygen atoms in total. The summed E-state index contributed by atoms with van der Waals surface area (Å²) in [6.45, 7) is 11.2. The summed E-state index contributed by atoms with van der Waals surface area (Å²) >= 11 is 0. The average molecular weight is 1820 g/mol. The third-order valence-corrected chi connectivity index (χ3v) is 28.5. The summed E-state index contributed by atoms with van der Waals surface area (Å²) in [5.74, 6) is 0. The molecule has 0 saturated heterocycles. The molecule has 0 bridgehead atoms. The van der Waals surface area contributed by atoms with Gasteiger partial charge in [0.05, 0.1) is 22.7 Å². The number of hydrogen-bond donors (Lipinski definition) is 0. The molecule has 4 aromatic heterocycles. The highest BCUT2D eigenvalue weighted by atomic mass is 16.3. The maximum absolute atomic E-state index is 6.52. The van der Waals surface area contributed by atoms with Crippen molar-refractivity contribution in [1.82, 2.24) is 0 Å². The Balaban J connectivity index is 0.000000146. The molecule has 27 aromatic rings. The largest absolute Gasteiger partial charge is 0.455 e. The van der Waals surface area contributed by atoms with Crippen molar-refractivity contribution in [2.24, 2.45) is 0 Å². The zero-order valence-electron chi connectivity index (χ0n) is 79.0. The van der Waals surface area contributed by atoms with Crippen LogP contribution in [-0.4, -0.2) is 0 Å². The number of para-hydroxylation sites is 10. The number of hydrogen-bond acceptors (Lipinski definition) is 8. The highest BCUT2D eigenvalue weighted by molar-refractivity contribution is 6.27. The summed E-state index contributed by atoms with van der Waals surface area (Å²) in [5, 5.41) is 20.7. The van der Waals surface area contributed by atoms with E-state index in [0.717, 1.165) is 233 Å². The van der Waals surface area contributed by atoms with Gasteiger partial charge in [-0.1, -0.05) is 360 Å². The monoisotopic (exact) mass is 1820 g/mol. The maximum atomic E-state index is 6.52. The van der Waals surface area contributed by atoms with Gasteiger partial charge < -0.3 is 37.3 Å². The van der Waals surface area contributed by atoms with Crippen LogP contribution >= 0.6 is 0 Å². The van der Waals surface area contributed by atoms with Gasteiger partial charge in [-0.25, -0.2) is 0 Å². The minimum atomic E-state index is -0.105. The molecule has 0 atom stereocenters. The van der Waals surface area contributed by atoms with Crippen molar-refractivity contribution in [2.45, 2.75) is 40.0 Å². The lowest BCUT2D eigenvalue weighted by molar-refractivity contribution is 0.591. The molecule has 23 aromatic carbocycles. The van der Waals surface area contributed by atoms with Crippen LogP contribution in [0.1, 0.15) is 37.5 Å². The van der Waals surface area contributed by atoms with E-state index < -0.39 is 0 Å². The van der Waals surface area contributed by atoms with Crippen LogP contribution in [0.15, 0.2) is 497 Å². The molecule has 4 heterocycles. The van der Waals surface area contributed by atoms with Crippen molar-refractivity contribution in [2.75, 3.05) is 19.6 Å². The predicted octanol–water partition coefficient (Wildman–Crippen LogP) is 39.2. The molecular formula is C134H94N4O4. The molecule has 8 heteroatoms. The molecule has 0 radical (unpaired) electrons.